The third-order valence-corrected chi connectivity index (χ3v) is 1.72. The van der Waals surface area contributed by atoms with Gasteiger partial charge in [0.15, 0.2) is 0 Å². The highest BCUT2D eigenvalue weighted by molar-refractivity contribution is 7.80. The van der Waals surface area contributed by atoms with Gasteiger partial charge in [0.2, 0.25) is 0 Å². The maximum absolute atomic E-state index is 9.07. The molecular weight excluding hydrogens is 156 g/mol. The summed E-state index contributed by atoms with van der Waals surface area (Å²) in [5.74, 6) is 0. The van der Waals surface area contributed by atoms with Crippen LogP contribution in [0.25, 0.3) is 0 Å². The second-order valence-electron chi connectivity index (χ2n) is 2.72. The summed E-state index contributed by atoms with van der Waals surface area (Å²) in [6, 6.07) is 7.83. The largest absolute Gasteiger partial charge is 0.393 e. The van der Waals surface area contributed by atoms with Gasteiger partial charge in [-0.15, -0.1) is 12.6 Å². The summed E-state index contributed by atoms with van der Waals surface area (Å²) < 4.78 is 0. The predicted octanol–water partition coefficient (Wildman–Crippen LogP) is 1.90. The van der Waals surface area contributed by atoms with Crippen LogP contribution in [-0.2, 0) is 6.42 Å². The van der Waals surface area contributed by atoms with Crippen LogP contribution in [0.2, 0.25) is 0 Å². The standard InChI is InChI=1S/C9H12OS/c1-7(10)5-8-3-2-4-9(11)6-8/h2-4,6-7,10-11H,5H2,1H3. The van der Waals surface area contributed by atoms with Crippen molar-refractivity contribution in [3.05, 3.63) is 29.8 Å². The zero-order chi connectivity index (χ0) is 8.27. The molecule has 1 aromatic rings. The van der Waals surface area contributed by atoms with E-state index in [4.69, 9.17) is 5.11 Å². The molecule has 0 radical (unpaired) electrons. The van der Waals surface area contributed by atoms with Gasteiger partial charge in [0.1, 0.15) is 0 Å². The van der Waals surface area contributed by atoms with E-state index in [1.807, 2.05) is 24.3 Å². The van der Waals surface area contributed by atoms with Crippen LogP contribution < -0.4 is 0 Å². The number of hydrogen-bond acceptors (Lipinski definition) is 2. The minimum atomic E-state index is -0.273. The van der Waals surface area contributed by atoms with E-state index >= 15 is 0 Å². The van der Waals surface area contributed by atoms with Crippen LogP contribution in [0.3, 0.4) is 0 Å². The molecule has 0 saturated heterocycles. The number of rotatable bonds is 2. The monoisotopic (exact) mass is 168 g/mol. The number of thiol groups is 1. The zero-order valence-corrected chi connectivity index (χ0v) is 7.38. The third-order valence-electron chi connectivity index (χ3n) is 1.44. The van der Waals surface area contributed by atoms with Crippen LogP contribution in [0.1, 0.15) is 12.5 Å². The lowest BCUT2D eigenvalue weighted by atomic mass is 10.1. The number of benzene rings is 1. The summed E-state index contributed by atoms with van der Waals surface area (Å²) in [5, 5.41) is 9.07. The molecule has 1 aromatic carbocycles. The van der Waals surface area contributed by atoms with E-state index in [9.17, 15) is 0 Å². The summed E-state index contributed by atoms with van der Waals surface area (Å²) >= 11 is 4.19. The Hall–Kier alpha value is -0.470. The fourth-order valence-corrected chi connectivity index (χ4v) is 1.28. The smallest absolute Gasteiger partial charge is 0.0552 e. The molecular formula is C9H12OS. The van der Waals surface area contributed by atoms with Crippen molar-refractivity contribution in [3.63, 3.8) is 0 Å². The van der Waals surface area contributed by atoms with E-state index < -0.39 is 0 Å². The van der Waals surface area contributed by atoms with Crippen molar-refractivity contribution in [2.75, 3.05) is 0 Å². The van der Waals surface area contributed by atoms with Gasteiger partial charge >= 0.3 is 0 Å². The van der Waals surface area contributed by atoms with Gasteiger partial charge in [0, 0.05) is 4.90 Å². The zero-order valence-electron chi connectivity index (χ0n) is 6.49. The predicted molar refractivity (Wildman–Crippen MR) is 49.1 cm³/mol. The highest BCUT2D eigenvalue weighted by Gasteiger charge is 1.97. The maximum atomic E-state index is 9.07. The molecule has 0 fully saturated rings. The summed E-state index contributed by atoms with van der Waals surface area (Å²) in [4.78, 5) is 0.947. The molecule has 0 heterocycles. The Morgan fingerprint density at radius 2 is 2.27 bits per heavy atom. The quantitative estimate of drug-likeness (QED) is 0.646. The van der Waals surface area contributed by atoms with Crippen molar-refractivity contribution in [1.29, 1.82) is 0 Å². The van der Waals surface area contributed by atoms with Gasteiger partial charge in [-0.05, 0) is 31.0 Å². The Labute approximate surface area is 72.5 Å². The van der Waals surface area contributed by atoms with Crippen LogP contribution in [-0.4, -0.2) is 11.2 Å². The maximum Gasteiger partial charge on any atom is 0.0552 e. The van der Waals surface area contributed by atoms with Crippen molar-refractivity contribution in [1.82, 2.24) is 0 Å². The molecule has 0 saturated carbocycles. The molecule has 1 N–H and O–H groups in total. The topological polar surface area (TPSA) is 20.2 Å². The lowest BCUT2D eigenvalue weighted by Crippen LogP contribution is -2.03. The number of aliphatic hydroxyl groups excluding tert-OH is 1. The molecule has 0 aliphatic heterocycles. The van der Waals surface area contributed by atoms with Crippen molar-refractivity contribution >= 4 is 12.6 Å². The first-order chi connectivity index (χ1) is 5.18. The summed E-state index contributed by atoms with van der Waals surface area (Å²) in [5.41, 5.74) is 1.13. The Kier molecular flexibility index (Phi) is 2.97. The van der Waals surface area contributed by atoms with Gasteiger partial charge in [-0.25, -0.2) is 0 Å². The minimum Gasteiger partial charge on any atom is -0.393 e. The Morgan fingerprint density at radius 1 is 1.55 bits per heavy atom. The Bertz CT molecular complexity index is 233. The molecule has 0 aliphatic carbocycles. The second kappa shape index (κ2) is 3.79. The molecule has 2 heteroatoms. The first kappa shape index (κ1) is 8.62. The third kappa shape index (κ3) is 2.95. The van der Waals surface area contributed by atoms with E-state index in [0.29, 0.717) is 6.42 Å². The SMILES string of the molecule is CC(O)Cc1cccc(S)c1. The summed E-state index contributed by atoms with van der Waals surface area (Å²) in [6.45, 7) is 1.78. The van der Waals surface area contributed by atoms with Crippen LogP contribution in [0.5, 0.6) is 0 Å². The molecule has 11 heavy (non-hydrogen) atoms. The minimum absolute atomic E-state index is 0.273. The first-order valence-electron chi connectivity index (χ1n) is 3.64. The average molecular weight is 168 g/mol. The van der Waals surface area contributed by atoms with Crippen molar-refractivity contribution in [2.24, 2.45) is 0 Å². The van der Waals surface area contributed by atoms with E-state index in [1.54, 1.807) is 6.92 Å². The summed E-state index contributed by atoms with van der Waals surface area (Å²) in [6.07, 6.45) is 0.430. The molecule has 0 aliphatic rings. The molecule has 0 bridgehead atoms. The van der Waals surface area contributed by atoms with Gasteiger partial charge in [0.05, 0.1) is 6.10 Å². The van der Waals surface area contributed by atoms with Gasteiger partial charge < -0.3 is 5.11 Å². The molecule has 1 unspecified atom stereocenters. The molecule has 1 rings (SSSR count). The molecule has 60 valence electrons. The van der Waals surface area contributed by atoms with Crippen molar-refractivity contribution in [3.8, 4) is 0 Å². The van der Waals surface area contributed by atoms with Crippen LogP contribution in [0.15, 0.2) is 29.2 Å². The molecule has 0 amide bonds. The second-order valence-corrected chi connectivity index (χ2v) is 3.24. The van der Waals surface area contributed by atoms with Crippen molar-refractivity contribution < 1.29 is 5.11 Å². The van der Waals surface area contributed by atoms with Gasteiger partial charge in [-0.1, -0.05) is 12.1 Å². The fraction of sp³-hybridized carbons (Fsp3) is 0.333. The average Bonchev–Trinajstić information content (AvgIpc) is 1.85. The lowest BCUT2D eigenvalue weighted by Gasteiger charge is -2.03. The lowest BCUT2D eigenvalue weighted by molar-refractivity contribution is 0.195. The van der Waals surface area contributed by atoms with Gasteiger partial charge in [-0.3, -0.25) is 0 Å². The normalized spacial score (nSPS) is 13.0. The van der Waals surface area contributed by atoms with E-state index in [0.717, 1.165) is 10.5 Å². The van der Waals surface area contributed by atoms with Crippen molar-refractivity contribution in [2.45, 2.75) is 24.3 Å². The number of aliphatic hydroxyl groups is 1. The van der Waals surface area contributed by atoms with E-state index in [-0.39, 0.29) is 6.10 Å². The highest BCUT2D eigenvalue weighted by atomic mass is 32.1. The van der Waals surface area contributed by atoms with E-state index in [1.165, 1.54) is 0 Å². The van der Waals surface area contributed by atoms with Gasteiger partial charge in [-0.2, -0.15) is 0 Å². The van der Waals surface area contributed by atoms with E-state index in [2.05, 4.69) is 12.6 Å². The first-order valence-corrected chi connectivity index (χ1v) is 4.09. The molecule has 1 nitrogen and oxygen atoms in total. The van der Waals surface area contributed by atoms with Crippen LogP contribution in [0, 0.1) is 0 Å². The summed E-state index contributed by atoms with van der Waals surface area (Å²) in [7, 11) is 0. The number of hydrogen-bond donors (Lipinski definition) is 2. The van der Waals surface area contributed by atoms with Crippen LogP contribution >= 0.6 is 12.6 Å². The van der Waals surface area contributed by atoms with Gasteiger partial charge in [0.25, 0.3) is 0 Å². The Morgan fingerprint density at radius 3 is 2.82 bits per heavy atom. The van der Waals surface area contributed by atoms with Crippen LogP contribution in [0.4, 0.5) is 0 Å². The molecule has 0 aromatic heterocycles. The molecule has 0 spiro atoms. The molecule has 1 atom stereocenters. The highest BCUT2D eigenvalue weighted by Crippen LogP contribution is 2.10. The fourth-order valence-electron chi connectivity index (χ4n) is 1.02. The Balaban J connectivity index is 2.71.